The summed E-state index contributed by atoms with van der Waals surface area (Å²) in [4.78, 5) is 8.91. The van der Waals surface area contributed by atoms with Crippen molar-refractivity contribution in [1.82, 2.24) is 4.98 Å². The predicted molar refractivity (Wildman–Crippen MR) is 79.9 cm³/mol. The Hall–Kier alpha value is -1.42. The number of nitrogens with two attached hydrogens (primary N) is 1. The van der Waals surface area contributed by atoms with Crippen molar-refractivity contribution in [3.63, 3.8) is 0 Å². The fraction of sp³-hybridized carbons (Fsp3) is 0.286. The highest BCUT2D eigenvalue weighted by Gasteiger charge is 2.08. The Kier molecular flexibility index (Phi) is 3.97. The summed E-state index contributed by atoms with van der Waals surface area (Å²) in [5.74, 6) is 0.976. The summed E-state index contributed by atoms with van der Waals surface area (Å²) in [5, 5.41) is 1.09. The number of para-hydroxylation sites is 1. The first-order valence-electron chi connectivity index (χ1n) is 5.93. The Balaban J connectivity index is 2.44. The van der Waals surface area contributed by atoms with E-state index in [4.69, 9.17) is 5.73 Å². The number of aromatic nitrogens is 1. The Labute approximate surface area is 115 Å². The third-order valence-corrected chi connectivity index (χ3v) is 3.15. The zero-order valence-corrected chi connectivity index (χ0v) is 12.1. The van der Waals surface area contributed by atoms with Crippen LogP contribution in [0.2, 0.25) is 0 Å². The van der Waals surface area contributed by atoms with Gasteiger partial charge in [0, 0.05) is 16.4 Å². The average Bonchev–Trinajstić information content (AvgIpc) is 2.35. The lowest BCUT2D eigenvalue weighted by Gasteiger charge is -2.06. The number of halogens is 1. The highest BCUT2D eigenvalue weighted by atomic mass is 79.9. The molecule has 1 aromatic heterocycles. The quantitative estimate of drug-likeness (QED) is 0.698. The van der Waals surface area contributed by atoms with Crippen LogP contribution in [0.25, 0.3) is 10.9 Å². The van der Waals surface area contributed by atoms with E-state index in [2.05, 4.69) is 39.8 Å². The number of fused-ring (bicyclic) bond motifs is 1. The van der Waals surface area contributed by atoms with Gasteiger partial charge in [0.2, 0.25) is 0 Å². The highest BCUT2D eigenvalue weighted by molar-refractivity contribution is 9.10. The minimum atomic E-state index is 0.487. The van der Waals surface area contributed by atoms with Gasteiger partial charge in [0.15, 0.2) is 0 Å². The fourth-order valence-electron chi connectivity index (χ4n) is 1.63. The van der Waals surface area contributed by atoms with E-state index in [-0.39, 0.29) is 0 Å². The summed E-state index contributed by atoms with van der Waals surface area (Å²) in [5.41, 5.74) is 7.64. The molecule has 1 heterocycles. The smallest absolute Gasteiger partial charge is 0.145 e. The third kappa shape index (κ3) is 2.88. The molecule has 1 aromatic carbocycles. The van der Waals surface area contributed by atoms with Gasteiger partial charge in [-0.2, -0.15) is 0 Å². The van der Waals surface area contributed by atoms with Crippen LogP contribution < -0.4 is 5.73 Å². The summed E-state index contributed by atoms with van der Waals surface area (Å²) in [6.45, 7) is 4.94. The van der Waals surface area contributed by atoms with Gasteiger partial charge in [-0.05, 0) is 34.0 Å². The van der Waals surface area contributed by atoms with Gasteiger partial charge in [0.25, 0.3) is 0 Å². The van der Waals surface area contributed by atoms with Crippen molar-refractivity contribution < 1.29 is 0 Å². The molecule has 2 rings (SSSR count). The normalized spacial score (nSPS) is 12.3. The lowest BCUT2D eigenvalue weighted by Crippen LogP contribution is -2.17. The van der Waals surface area contributed by atoms with Crippen LogP contribution in [0.3, 0.4) is 0 Å². The number of aliphatic imine (C=N–C) groups is 1. The highest BCUT2D eigenvalue weighted by Crippen LogP contribution is 2.21. The molecule has 2 aromatic rings. The minimum Gasteiger partial charge on any atom is -0.382 e. The van der Waals surface area contributed by atoms with Crippen LogP contribution in [-0.4, -0.2) is 17.4 Å². The zero-order valence-electron chi connectivity index (χ0n) is 10.5. The van der Waals surface area contributed by atoms with E-state index < -0.39 is 0 Å². The van der Waals surface area contributed by atoms with Crippen LogP contribution in [0.1, 0.15) is 19.5 Å². The van der Waals surface area contributed by atoms with Crippen molar-refractivity contribution in [2.45, 2.75) is 13.8 Å². The molecule has 0 radical (unpaired) electrons. The second-order valence-corrected chi connectivity index (χ2v) is 5.49. The lowest BCUT2D eigenvalue weighted by molar-refractivity contribution is 0.665. The van der Waals surface area contributed by atoms with E-state index in [1.165, 1.54) is 0 Å². The van der Waals surface area contributed by atoms with E-state index >= 15 is 0 Å². The number of pyridine rings is 1. The summed E-state index contributed by atoms with van der Waals surface area (Å²) in [7, 11) is 0. The standard InChI is InChI=1S/C14H16BrN3/c1-9(2)8-17-14(16)13-11(15)7-10-5-3-4-6-12(10)18-13/h3-7,9H,8H2,1-2H3,(H2,16,17). The molecule has 0 saturated carbocycles. The van der Waals surface area contributed by atoms with E-state index in [9.17, 15) is 0 Å². The second-order valence-electron chi connectivity index (χ2n) is 4.63. The van der Waals surface area contributed by atoms with Gasteiger partial charge in [-0.1, -0.05) is 32.0 Å². The largest absolute Gasteiger partial charge is 0.382 e. The Morgan fingerprint density at radius 1 is 1.39 bits per heavy atom. The molecular weight excluding hydrogens is 290 g/mol. The number of benzene rings is 1. The monoisotopic (exact) mass is 305 g/mol. The van der Waals surface area contributed by atoms with Crippen LogP contribution >= 0.6 is 15.9 Å². The van der Waals surface area contributed by atoms with Gasteiger partial charge in [-0.25, -0.2) is 4.98 Å². The summed E-state index contributed by atoms with van der Waals surface area (Å²) >= 11 is 3.50. The van der Waals surface area contributed by atoms with Crippen LogP contribution in [0.5, 0.6) is 0 Å². The molecule has 0 fully saturated rings. The number of hydrogen-bond acceptors (Lipinski definition) is 2. The van der Waals surface area contributed by atoms with Gasteiger partial charge in [-0.3, -0.25) is 4.99 Å². The van der Waals surface area contributed by atoms with Gasteiger partial charge < -0.3 is 5.73 Å². The zero-order chi connectivity index (χ0) is 13.1. The van der Waals surface area contributed by atoms with Crippen molar-refractivity contribution in [3.05, 3.63) is 40.5 Å². The summed E-state index contributed by atoms with van der Waals surface area (Å²) in [6, 6.07) is 9.98. The molecule has 0 atom stereocenters. The molecule has 0 spiro atoms. The summed E-state index contributed by atoms with van der Waals surface area (Å²) in [6.07, 6.45) is 0. The lowest BCUT2D eigenvalue weighted by atomic mass is 10.2. The first-order valence-corrected chi connectivity index (χ1v) is 6.73. The fourth-order valence-corrected chi connectivity index (χ4v) is 2.16. The molecule has 0 aliphatic heterocycles. The molecule has 94 valence electrons. The van der Waals surface area contributed by atoms with Crippen LogP contribution in [0, 0.1) is 5.92 Å². The Morgan fingerprint density at radius 2 is 2.11 bits per heavy atom. The molecule has 0 saturated heterocycles. The average molecular weight is 306 g/mol. The molecular formula is C14H16BrN3. The first kappa shape index (κ1) is 13.0. The van der Waals surface area contributed by atoms with E-state index in [1.54, 1.807) is 0 Å². The summed E-state index contributed by atoms with van der Waals surface area (Å²) < 4.78 is 0.881. The van der Waals surface area contributed by atoms with Crippen molar-refractivity contribution in [3.8, 4) is 0 Å². The number of nitrogens with zero attached hydrogens (tertiary/aromatic N) is 2. The maximum atomic E-state index is 5.99. The second kappa shape index (κ2) is 5.48. The van der Waals surface area contributed by atoms with Gasteiger partial charge in [0.05, 0.1) is 5.52 Å². The molecule has 0 amide bonds. The van der Waals surface area contributed by atoms with Crippen LogP contribution in [0.15, 0.2) is 39.8 Å². The number of rotatable bonds is 3. The number of amidine groups is 1. The van der Waals surface area contributed by atoms with Crippen LogP contribution in [-0.2, 0) is 0 Å². The Morgan fingerprint density at radius 3 is 2.83 bits per heavy atom. The van der Waals surface area contributed by atoms with Gasteiger partial charge >= 0.3 is 0 Å². The van der Waals surface area contributed by atoms with Gasteiger partial charge in [-0.15, -0.1) is 0 Å². The van der Waals surface area contributed by atoms with Gasteiger partial charge in [0.1, 0.15) is 11.5 Å². The molecule has 0 unspecified atom stereocenters. The van der Waals surface area contributed by atoms with E-state index in [0.717, 1.165) is 15.4 Å². The van der Waals surface area contributed by atoms with Crippen LogP contribution in [0.4, 0.5) is 0 Å². The molecule has 4 heteroatoms. The molecule has 3 nitrogen and oxygen atoms in total. The number of hydrogen-bond donors (Lipinski definition) is 1. The molecule has 2 N–H and O–H groups in total. The minimum absolute atomic E-state index is 0.487. The van der Waals surface area contributed by atoms with Crippen molar-refractivity contribution >= 4 is 32.7 Å². The maximum absolute atomic E-state index is 5.99. The topological polar surface area (TPSA) is 51.3 Å². The van der Waals surface area contributed by atoms with E-state index in [1.807, 2.05) is 30.3 Å². The third-order valence-electron chi connectivity index (χ3n) is 2.55. The van der Waals surface area contributed by atoms with E-state index in [0.29, 0.717) is 24.0 Å². The maximum Gasteiger partial charge on any atom is 0.145 e. The van der Waals surface area contributed by atoms with Crippen molar-refractivity contribution in [1.29, 1.82) is 0 Å². The molecule has 18 heavy (non-hydrogen) atoms. The predicted octanol–water partition coefficient (Wildman–Crippen LogP) is 3.36. The Bertz CT molecular complexity index is 591. The molecule has 0 bridgehead atoms. The molecule has 0 aliphatic rings. The molecule has 0 aliphatic carbocycles. The first-order chi connectivity index (χ1) is 8.58. The van der Waals surface area contributed by atoms with Crippen molar-refractivity contribution in [2.75, 3.05) is 6.54 Å². The van der Waals surface area contributed by atoms with Crippen molar-refractivity contribution in [2.24, 2.45) is 16.6 Å². The SMILES string of the molecule is CC(C)CN=C(N)c1nc2ccccc2cc1Br.